The summed E-state index contributed by atoms with van der Waals surface area (Å²) in [6.45, 7) is 1.81. The third kappa shape index (κ3) is 3.33. The molecule has 118 valence electrons. The number of fused-ring (bicyclic) bond motifs is 1. The first kappa shape index (κ1) is 15.8. The zero-order valence-electron chi connectivity index (χ0n) is 12.0. The quantitative estimate of drug-likeness (QED) is 0.854. The summed E-state index contributed by atoms with van der Waals surface area (Å²) in [7, 11) is 0. The Kier molecular flexibility index (Phi) is 4.28. The molecule has 1 aliphatic rings. The highest BCUT2D eigenvalue weighted by molar-refractivity contribution is 8.00. The van der Waals surface area contributed by atoms with Crippen LogP contribution in [-0.2, 0) is 4.79 Å². The van der Waals surface area contributed by atoms with Gasteiger partial charge in [0.1, 0.15) is 5.82 Å². The van der Waals surface area contributed by atoms with Crippen molar-refractivity contribution in [1.29, 1.82) is 0 Å². The van der Waals surface area contributed by atoms with Crippen molar-refractivity contribution in [2.75, 3.05) is 10.6 Å². The second-order valence-corrected chi connectivity index (χ2v) is 6.86. The molecule has 2 aromatic rings. The maximum atomic E-state index is 13.7. The van der Waals surface area contributed by atoms with E-state index in [1.807, 2.05) is 6.92 Å². The van der Waals surface area contributed by atoms with Gasteiger partial charge in [-0.15, -0.1) is 11.8 Å². The van der Waals surface area contributed by atoms with Crippen LogP contribution in [0, 0.1) is 5.82 Å². The number of carbonyl (C=O) groups is 2. The topological polar surface area (TPSA) is 58.2 Å². The number of hydrogen-bond donors (Lipinski definition) is 2. The number of benzene rings is 2. The maximum Gasteiger partial charge on any atom is 0.255 e. The highest BCUT2D eigenvalue weighted by Gasteiger charge is 2.23. The molecule has 1 atom stereocenters. The second-order valence-electron chi connectivity index (χ2n) is 5.04. The third-order valence-corrected chi connectivity index (χ3v) is 4.76. The normalized spacial score (nSPS) is 16.5. The van der Waals surface area contributed by atoms with Crippen molar-refractivity contribution in [3.63, 3.8) is 0 Å². The molecule has 2 N–H and O–H groups in total. The van der Waals surface area contributed by atoms with Crippen molar-refractivity contribution >= 4 is 46.6 Å². The van der Waals surface area contributed by atoms with E-state index in [0.29, 0.717) is 11.3 Å². The lowest BCUT2D eigenvalue weighted by Crippen LogP contribution is -2.26. The summed E-state index contributed by atoms with van der Waals surface area (Å²) >= 11 is 7.11. The molecule has 0 unspecified atom stereocenters. The number of amides is 2. The van der Waals surface area contributed by atoms with Crippen molar-refractivity contribution < 1.29 is 14.0 Å². The van der Waals surface area contributed by atoms with Crippen molar-refractivity contribution in [3.8, 4) is 0 Å². The molecular weight excluding hydrogens is 339 g/mol. The van der Waals surface area contributed by atoms with E-state index in [2.05, 4.69) is 10.6 Å². The van der Waals surface area contributed by atoms with Gasteiger partial charge in [0.15, 0.2) is 0 Å². The monoisotopic (exact) mass is 350 g/mol. The Bertz CT molecular complexity index is 813. The molecule has 0 saturated carbocycles. The Balaban J connectivity index is 1.83. The van der Waals surface area contributed by atoms with E-state index in [1.54, 1.807) is 18.2 Å². The van der Waals surface area contributed by atoms with E-state index in [9.17, 15) is 14.0 Å². The Morgan fingerprint density at radius 2 is 2.09 bits per heavy atom. The number of rotatable bonds is 2. The van der Waals surface area contributed by atoms with Crippen molar-refractivity contribution in [2.24, 2.45) is 0 Å². The number of carbonyl (C=O) groups excluding carboxylic acids is 2. The third-order valence-electron chi connectivity index (χ3n) is 3.35. The van der Waals surface area contributed by atoms with Gasteiger partial charge in [0.2, 0.25) is 5.91 Å². The minimum Gasteiger partial charge on any atom is -0.324 e. The molecule has 0 radical (unpaired) electrons. The van der Waals surface area contributed by atoms with Crippen LogP contribution in [0.15, 0.2) is 41.3 Å². The summed E-state index contributed by atoms with van der Waals surface area (Å²) in [5.41, 5.74) is 0.958. The zero-order chi connectivity index (χ0) is 16.6. The molecule has 0 aromatic heterocycles. The summed E-state index contributed by atoms with van der Waals surface area (Å²) < 4.78 is 13.7. The maximum absolute atomic E-state index is 13.7. The first-order valence-electron chi connectivity index (χ1n) is 6.82. The fourth-order valence-corrected chi connectivity index (χ4v) is 3.22. The van der Waals surface area contributed by atoms with E-state index in [1.165, 1.54) is 23.9 Å². The second kappa shape index (κ2) is 6.22. The van der Waals surface area contributed by atoms with Gasteiger partial charge in [0.05, 0.1) is 16.6 Å². The van der Waals surface area contributed by atoms with Gasteiger partial charge in [-0.1, -0.05) is 11.6 Å². The molecule has 0 fully saturated rings. The van der Waals surface area contributed by atoms with Crippen molar-refractivity contribution in [3.05, 3.63) is 52.8 Å². The number of hydrogen-bond acceptors (Lipinski definition) is 3. The van der Waals surface area contributed by atoms with Crippen molar-refractivity contribution in [2.45, 2.75) is 17.1 Å². The molecule has 2 aromatic carbocycles. The van der Waals surface area contributed by atoms with E-state index in [0.717, 1.165) is 11.0 Å². The van der Waals surface area contributed by atoms with Crippen LogP contribution in [0.3, 0.4) is 0 Å². The molecule has 1 aliphatic heterocycles. The van der Waals surface area contributed by atoms with Gasteiger partial charge >= 0.3 is 0 Å². The smallest absolute Gasteiger partial charge is 0.255 e. The lowest BCUT2D eigenvalue weighted by molar-refractivity contribution is -0.115. The molecule has 3 rings (SSSR count). The summed E-state index contributed by atoms with van der Waals surface area (Å²) in [5, 5.41) is 5.32. The molecule has 0 bridgehead atoms. The first-order valence-corrected chi connectivity index (χ1v) is 8.08. The van der Waals surface area contributed by atoms with Crippen LogP contribution < -0.4 is 10.6 Å². The largest absolute Gasteiger partial charge is 0.324 e. The molecule has 23 heavy (non-hydrogen) atoms. The number of halogens is 2. The minimum atomic E-state index is -0.610. The van der Waals surface area contributed by atoms with Crippen LogP contribution in [0.4, 0.5) is 15.8 Å². The van der Waals surface area contributed by atoms with Crippen LogP contribution in [0.2, 0.25) is 5.02 Å². The molecule has 0 saturated heterocycles. The number of thioether (sulfide) groups is 1. The summed E-state index contributed by atoms with van der Waals surface area (Å²) in [4.78, 5) is 24.9. The fourth-order valence-electron chi connectivity index (χ4n) is 2.14. The lowest BCUT2D eigenvalue weighted by atomic mass is 10.1. The summed E-state index contributed by atoms with van der Waals surface area (Å²) in [6, 6.07) is 9.00. The SMILES string of the molecule is C[C@@H]1Sc2ccc(C(=O)Nc3ccc(Cl)cc3F)cc2NC1=O. The fraction of sp³-hybridized carbons (Fsp3) is 0.125. The molecule has 4 nitrogen and oxygen atoms in total. The van der Waals surface area contributed by atoms with Crippen LogP contribution >= 0.6 is 23.4 Å². The van der Waals surface area contributed by atoms with Crippen LogP contribution in [0.1, 0.15) is 17.3 Å². The van der Waals surface area contributed by atoms with Gasteiger partial charge in [-0.05, 0) is 43.3 Å². The average Bonchev–Trinajstić information content (AvgIpc) is 2.50. The summed E-state index contributed by atoms with van der Waals surface area (Å²) in [6.07, 6.45) is 0. The van der Waals surface area contributed by atoms with Crippen LogP contribution in [-0.4, -0.2) is 17.1 Å². The number of nitrogens with one attached hydrogen (secondary N) is 2. The Morgan fingerprint density at radius 1 is 1.30 bits per heavy atom. The first-order chi connectivity index (χ1) is 10.9. The Labute approximate surface area is 141 Å². The standard InChI is InChI=1S/C16H12ClFN2O2S/c1-8-15(21)20-13-6-9(2-5-14(13)23-8)16(22)19-12-4-3-10(17)7-11(12)18/h2-8H,1H3,(H,19,22)(H,20,21)/t8-/m0/s1. The van der Waals surface area contributed by atoms with Gasteiger partial charge in [-0.2, -0.15) is 0 Å². The van der Waals surface area contributed by atoms with E-state index in [4.69, 9.17) is 11.6 Å². The van der Waals surface area contributed by atoms with Gasteiger partial charge in [-0.3, -0.25) is 9.59 Å². The Hall–Kier alpha value is -2.05. The highest BCUT2D eigenvalue weighted by Crippen LogP contribution is 2.36. The molecule has 2 amide bonds. The van der Waals surface area contributed by atoms with Gasteiger partial charge in [0.25, 0.3) is 5.91 Å². The van der Waals surface area contributed by atoms with Gasteiger partial charge in [-0.25, -0.2) is 4.39 Å². The molecule has 0 spiro atoms. The van der Waals surface area contributed by atoms with E-state index < -0.39 is 11.7 Å². The summed E-state index contributed by atoms with van der Waals surface area (Å²) in [5.74, 6) is -1.18. The predicted molar refractivity (Wildman–Crippen MR) is 89.8 cm³/mol. The molecule has 0 aliphatic carbocycles. The highest BCUT2D eigenvalue weighted by atomic mass is 35.5. The van der Waals surface area contributed by atoms with Crippen LogP contribution in [0.5, 0.6) is 0 Å². The molecule has 7 heteroatoms. The van der Waals surface area contributed by atoms with Crippen LogP contribution in [0.25, 0.3) is 0 Å². The van der Waals surface area contributed by atoms with Gasteiger partial charge in [0, 0.05) is 15.5 Å². The molecule has 1 heterocycles. The lowest BCUT2D eigenvalue weighted by Gasteiger charge is -2.21. The molecular formula is C16H12ClFN2O2S. The van der Waals surface area contributed by atoms with E-state index >= 15 is 0 Å². The average molecular weight is 351 g/mol. The van der Waals surface area contributed by atoms with E-state index in [-0.39, 0.29) is 21.9 Å². The zero-order valence-corrected chi connectivity index (χ0v) is 13.6. The Morgan fingerprint density at radius 3 is 2.83 bits per heavy atom. The number of anilines is 2. The van der Waals surface area contributed by atoms with Crippen molar-refractivity contribution in [1.82, 2.24) is 0 Å². The van der Waals surface area contributed by atoms with Gasteiger partial charge < -0.3 is 10.6 Å². The minimum absolute atomic E-state index is 0.0455. The predicted octanol–water partition coefficient (Wildman–Crippen LogP) is 4.16.